The molecule has 2 aromatic rings. The van der Waals surface area contributed by atoms with Crippen LogP contribution < -0.4 is 26.2 Å². The van der Waals surface area contributed by atoms with Gasteiger partial charge in [0.15, 0.2) is 11.6 Å². The van der Waals surface area contributed by atoms with Gasteiger partial charge in [-0.25, -0.2) is 0 Å². The third-order valence-electron chi connectivity index (χ3n) is 5.63. The largest absolute Gasteiger partial charge is 0.378 e. The van der Waals surface area contributed by atoms with Gasteiger partial charge in [-0.05, 0) is 37.1 Å². The molecule has 28 heavy (non-hydrogen) atoms. The fraction of sp³-hybridized carbons (Fsp3) is 0.500. The number of anilines is 6. The van der Waals surface area contributed by atoms with Crippen LogP contribution in [0.25, 0.3) is 0 Å². The van der Waals surface area contributed by atoms with Crippen molar-refractivity contribution in [3.05, 3.63) is 24.3 Å². The van der Waals surface area contributed by atoms with Crippen LogP contribution in [0.4, 0.5) is 34.6 Å². The zero-order chi connectivity index (χ0) is 18.8. The Morgan fingerprint density at radius 2 is 1.79 bits per heavy atom. The van der Waals surface area contributed by atoms with E-state index in [2.05, 4.69) is 55.4 Å². The summed E-state index contributed by atoms with van der Waals surface area (Å²) in [6, 6.07) is 8.94. The number of morpholine rings is 1. The first-order chi connectivity index (χ1) is 13.8. The summed E-state index contributed by atoms with van der Waals surface area (Å²) in [4.78, 5) is 11.7. The Morgan fingerprint density at radius 1 is 1.00 bits per heavy atom. The van der Waals surface area contributed by atoms with Crippen molar-refractivity contribution < 1.29 is 4.74 Å². The lowest BCUT2D eigenvalue weighted by Gasteiger charge is -2.28. The van der Waals surface area contributed by atoms with Gasteiger partial charge < -0.3 is 30.9 Å². The van der Waals surface area contributed by atoms with Crippen LogP contribution in [0.15, 0.2) is 24.3 Å². The van der Waals surface area contributed by atoms with Crippen molar-refractivity contribution in [1.29, 1.82) is 0 Å². The molecule has 0 unspecified atom stereocenters. The Morgan fingerprint density at radius 3 is 2.57 bits per heavy atom. The second-order valence-electron chi connectivity index (χ2n) is 7.55. The van der Waals surface area contributed by atoms with E-state index >= 15 is 0 Å². The molecule has 2 aliphatic heterocycles. The summed E-state index contributed by atoms with van der Waals surface area (Å²) in [5.74, 6) is 2.34. The van der Waals surface area contributed by atoms with Crippen molar-refractivity contribution >= 4 is 34.6 Å². The smallest absolute Gasteiger partial charge is 0.231 e. The number of fused-ring (bicyclic) bond motifs is 1. The lowest BCUT2D eigenvalue weighted by molar-refractivity contribution is 0.122. The molecule has 8 heteroatoms. The number of hydrogen-bond donors (Lipinski definition) is 4. The van der Waals surface area contributed by atoms with E-state index in [9.17, 15) is 0 Å². The number of ether oxygens (including phenoxy) is 1. The van der Waals surface area contributed by atoms with E-state index in [0.717, 1.165) is 49.3 Å². The summed E-state index contributed by atoms with van der Waals surface area (Å²) < 4.78 is 5.43. The van der Waals surface area contributed by atoms with Crippen LogP contribution in [0.5, 0.6) is 0 Å². The van der Waals surface area contributed by atoms with E-state index in [0.29, 0.717) is 18.7 Å². The molecular formula is C20H27N7O. The Hall–Kier alpha value is -2.74. The Labute approximate surface area is 165 Å². The van der Waals surface area contributed by atoms with Crippen LogP contribution >= 0.6 is 0 Å². The standard InChI is InChI=1S/C20H27N7O/c1-2-4-14(3-1)23-19-17-18(22-13-21-17)25-20(26-19)24-15-5-7-16(8-6-15)27-9-11-28-12-10-27/h5-8,14,21H,1-4,9-13H2,(H3,22,23,24,25,26). The van der Waals surface area contributed by atoms with Gasteiger partial charge in [-0.2, -0.15) is 9.97 Å². The van der Waals surface area contributed by atoms with Gasteiger partial charge in [0.05, 0.1) is 19.9 Å². The monoisotopic (exact) mass is 381 g/mol. The molecule has 1 aromatic carbocycles. The molecule has 4 N–H and O–H groups in total. The van der Waals surface area contributed by atoms with Crippen LogP contribution in [0.3, 0.4) is 0 Å². The topological polar surface area (TPSA) is 86.4 Å². The number of aromatic nitrogens is 2. The van der Waals surface area contributed by atoms with Gasteiger partial charge in [-0.3, -0.25) is 0 Å². The van der Waals surface area contributed by atoms with Gasteiger partial charge >= 0.3 is 0 Å². The van der Waals surface area contributed by atoms with Gasteiger partial charge in [0.25, 0.3) is 0 Å². The van der Waals surface area contributed by atoms with Crippen LogP contribution in [-0.2, 0) is 4.74 Å². The maximum absolute atomic E-state index is 5.43. The van der Waals surface area contributed by atoms with E-state index in [-0.39, 0.29) is 0 Å². The SMILES string of the molecule is c1cc(N2CCOCC2)ccc1Nc1nc2c(c(NC3CCCC3)n1)NCN2. The summed E-state index contributed by atoms with van der Waals surface area (Å²) in [5.41, 5.74) is 3.17. The zero-order valence-corrected chi connectivity index (χ0v) is 16.0. The minimum absolute atomic E-state index is 0.502. The maximum atomic E-state index is 5.43. The summed E-state index contributed by atoms with van der Waals surface area (Å²) in [7, 11) is 0. The van der Waals surface area contributed by atoms with Crippen molar-refractivity contribution in [3.63, 3.8) is 0 Å². The molecule has 1 saturated carbocycles. The van der Waals surface area contributed by atoms with Gasteiger partial charge in [0.2, 0.25) is 5.95 Å². The van der Waals surface area contributed by atoms with Gasteiger partial charge in [0, 0.05) is 30.5 Å². The first-order valence-electron chi connectivity index (χ1n) is 10.2. The molecule has 2 fully saturated rings. The number of hydrogen-bond acceptors (Lipinski definition) is 8. The third kappa shape index (κ3) is 3.64. The second-order valence-corrected chi connectivity index (χ2v) is 7.55. The molecule has 3 heterocycles. The maximum Gasteiger partial charge on any atom is 0.231 e. The Bertz CT molecular complexity index is 814. The highest BCUT2D eigenvalue weighted by atomic mass is 16.5. The lowest BCUT2D eigenvalue weighted by Crippen LogP contribution is -2.36. The Balaban J connectivity index is 1.33. The summed E-state index contributed by atoms with van der Waals surface area (Å²) in [5, 5.41) is 13.6. The first kappa shape index (κ1) is 17.4. The summed E-state index contributed by atoms with van der Waals surface area (Å²) >= 11 is 0. The van der Waals surface area contributed by atoms with Crippen molar-refractivity contribution in [2.45, 2.75) is 31.7 Å². The second kappa shape index (κ2) is 7.71. The molecule has 1 aliphatic carbocycles. The number of rotatable bonds is 5. The zero-order valence-electron chi connectivity index (χ0n) is 16.0. The van der Waals surface area contributed by atoms with Crippen molar-refractivity contribution in [2.75, 3.05) is 59.1 Å². The highest BCUT2D eigenvalue weighted by Crippen LogP contribution is 2.35. The average molecular weight is 381 g/mol. The molecule has 3 aliphatic rings. The molecule has 1 saturated heterocycles. The summed E-state index contributed by atoms with van der Waals surface area (Å²) in [6.07, 6.45) is 4.99. The van der Waals surface area contributed by atoms with Crippen LogP contribution in [-0.4, -0.2) is 49.0 Å². The van der Waals surface area contributed by atoms with Crippen LogP contribution in [0.2, 0.25) is 0 Å². The molecule has 0 bridgehead atoms. The van der Waals surface area contributed by atoms with E-state index in [1.54, 1.807) is 0 Å². The normalized spacial score (nSPS) is 19.1. The van der Waals surface area contributed by atoms with Crippen molar-refractivity contribution in [1.82, 2.24) is 9.97 Å². The molecule has 0 atom stereocenters. The minimum atomic E-state index is 0.502. The molecule has 148 valence electrons. The third-order valence-corrected chi connectivity index (χ3v) is 5.63. The molecule has 0 amide bonds. The Kier molecular flexibility index (Phi) is 4.78. The average Bonchev–Trinajstić information content (AvgIpc) is 3.41. The quantitative estimate of drug-likeness (QED) is 0.628. The van der Waals surface area contributed by atoms with E-state index in [4.69, 9.17) is 9.72 Å². The van der Waals surface area contributed by atoms with Gasteiger partial charge in [0.1, 0.15) is 5.69 Å². The fourth-order valence-corrected chi connectivity index (χ4v) is 4.10. The molecular weight excluding hydrogens is 354 g/mol. The molecule has 8 nitrogen and oxygen atoms in total. The number of nitrogens with one attached hydrogen (secondary N) is 4. The molecule has 1 aromatic heterocycles. The number of nitrogens with zero attached hydrogens (tertiary/aromatic N) is 3. The highest BCUT2D eigenvalue weighted by Gasteiger charge is 2.22. The predicted molar refractivity (Wildman–Crippen MR) is 113 cm³/mol. The van der Waals surface area contributed by atoms with E-state index < -0.39 is 0 Å². The molecule has 5 rings (SSSR count). The molecule has 0 radical (unpaired) electrons. The van der Waals surface area contributed by atoms with Gasteiger partial charge in [-0.15, -0.1) is 0 Å². The van der Waals surface area contributed by atoms with Crippen molar-refractivity contribution in [3.8, 4) is 0 Å². The van der Waals surface area contributed by atoms with E-state index in [1.807, 2.05) is 0 Å². The van der Waals surface area contributed by atoms with Crippen LogP contribution in [0.1, 0.15) is 25.7 Å². The van der Waals surface area contributed by atoms with Crippen molar-refractivity contribution in [2.24, 2.45) is 0 Å². The fourth-order valence-electron chi connectivity index (χ4n) is 4.10. The lowest BCUT2D eigenvalue weighted by atomic mass is 10.2. The predicted octanol–water partition coefficient (Wildman–Crippen LogP) is 3.21. The van der Waals surface area contributed by atoms with Gasteiger partial charge in [-0.1, -0.05) is 12.8 Å². The van der Waals surface area contributed by atoms with Crippen LogP contribution in [0, 0.1) is 0 Å². The number of benzene rings is 1. The minimum Gasteiger partial charge on any atom is -0.378 e. The molecule has 0 spiro atoms. The first-order valence-corrected chi connectivity index (χ1v) is 10.2. The summed E-state index contributed by atoms with van der Waals surface area (Å²) in [6.45, 7) is 4.15. The highest BCUT2D eigenvalue weighted by molar-refractivity contribution is 5.82. The van der Waals surface area contributed by atoms with E-state index in [1.165, 1.54) is 31.4 Å².